The maximum atomic E-state index is 13.0. The summed E-state index contributed by atoms with van der Waals surface area (Å²) in [5, 5.41) is 0.293. The van der Waals surface area contributed by atoms with Crippen molar-refractivity contribution < 1.29 is 13.6 Å². The molecule has 1 aromatic carbocycles. The number of anilines is 1. The number of amides is 1. The van der Waals surface area contributed by atoms with Crippen LogP contribution in [-0.4, -0.2) is 10.1 Å². The number of nitrogens with zero attached hydrogens (tertiary/aromatic N) is 1. The van der Waals surface area contributed by atoms with Gasteiger partial charge in [0.1, 0.15) is 0 Å². The molecule has 1 rings (SSSR count). The van der Waals surface area contributed by atoms with Gasteiger partial charge in [0.05, 0.1) is 5.69 Å². The Morgan fingerprint density at radius 3 is 2.06 bits per heavy atom. The Bertz CT molecular complexity index is 420. The van der Waals surface area contributed by atoms with Crippen molar-refractivity contribution in [3.05, 3.63) is 28.2 Å². The molecule has 0 radical (unpaired) electrons. The van der Waals surface area contributed by atoms with E-state index in [1.54, 1.807) is 0 Å². The van der Waals surface area contributed by atoms with E-state index in [1.807, 2.05) is 0 Å². The first-order valence-electron chi connectivity index (χ1n) is 3.90. The first-order valence-corrected chi connectivity index (χ1v) is 6.19. The van der Waals surface area contributed by atoms with Crippen LogP contribution in [0.1, 0.15) is 0 Å². The third-order valence-corrected chi connectivity index (χ3v) is 3.03. The molecule has 0 saturated carbocycles. The van der Waals surface area contributed by atoms with Crippen LogP contribution in [0.3, 0.4) is 0 Å². The van der Waals surface area contributed by atoms with E-state index in [4.69, 9.17) is 46.4 Å². The molecule has 0 aliphatic heterocycles. The van der Waals surface area contributed by atoms with Gasteiger partial charge in [-0.15, -0.1) is 4.39 Å². The van der Waals surface area contributed by atoms with E-state index >= 15 is 0 Å². The fourth-order valence-electron chi connectivity index (χ4n) is 0.950. The highest BCUT2D eigenvalue weighted by Crippen LogP contribution is 2.42. The van der Waals surface area contributed by atoms with Gasteiger partial charge in [-0.3, -0.25) is 0 Å². The number of hydrogen-bond acceptors (Lipinski definition) is 2. The molecule has 0 fully saturated rings. The minimum absolute atomic E-state index is 0.0638. The molecular formula is C8H3Cl4F2NOS. The number of hydrogen-bond donors (Lipinski definition) is 0. The van der Waals surface area contributed by atoms with Gasteiger partial charge in [-0.05, 0) is 18.2 Å². The van der Waals surface area contributed by atoms with Gasteiger partial charge in [0.25, 0.3) is 0 Å². The first kappa shape index (κ1) is 15.1. The maximum Gasteiger partial charge on any atom is 0.415 e. The van der Waals surface area contributed by atoms with Crippen LogP contribution in [0.5, 0.6) is 0 Å². The molecule has 0 aliphatic carbocycles. The van der Waals surface area contributed by atoms with Gasteiger partial charge < -0.3 is 0 Å². The average molecular weight is 341 g/mol. The maximum absolute atomic E-state index is 13.0. The number of carbonyl (C=O) groups is 1. The first-order chi connectivity index (χ1) is 7.69. The SMILES string of the molecule is O=C(F)N(SC(F)(Cl)Cl)c1cc(Cl)cc(Cl)c1. The Hall–Kier alpha value is 0.0600. The summed E-state index contributed by atoms with van der Waals surface area (Å²) in [5.41, 5.74) is -0.0803. The molecule has 94 valence electrons. The highest BCUT2D eigenvalue weighted by atomic mass is 35.5. The topological polar surface area (TPSA) is 20.3 Å². The van der Waals surface area contributed by atoms with Crippen LogP contribution in [0, 0.1) is 0 Å². The van der Waals surface area contributed by atoms with Gasteiger partial charge in [-0.25, -0.2) is 9.10 Å². The standard InChI is InChI=1S/C8H3Cl4F2NOS/c9-4-1-5(10)3-6(2-4)15(7(13)16)17-8(11,12)14/h1-3H. The van der Waals surface area contributed by atoms with E-state index in [9.17, 15) is 13.6 Å². The third kappa shape index (κ3) is 5.06. The summed E-state index contributed by atoms with van der Waals surface area (Å²) in [6, 6.07) is 3.77. The van der Waals surface area contributed by atoms with Crippen molar-refractivity contribution in [3.63, 3.8) is 0 Å². The number of benzene rings is 1. The zero-order chi connectivity index (χ0) is 13.2. The number of alkyl halides is 3. The van der Waals surface area contributed by atoms with Gasteiger partial charge in [0.15, 0.2) is 0 Å². The zero-order valence-electron chi connectivity index (χ0n) is 7.76. The summed E-state index contributed by atoms with van der Waals surface area (Å²) >= 11 is 21.3. The Kier molecular flexibility index (Phi) is 5.16. The molecule has 1 aromatic rings. The highest BCUT2D eigenvalue weighted by molar-refractivity contribution is 8.04. The molecule has 0 aliphatic rings. The van der Waals surface area contributed by atoms with Crippen LogP contribution in [0.25, 0.3) is 0 Å². The summed E-state index contributed by atoms with van der Waals surface area (Å²) in [7, 11) is 0. The predicted molar refractivity (Wildman–Crippen MR) is 68.6 cm³/mol. The number of carbonyl (C=O) groups excluding carboxylic acids is 1. The van der Waals surface area contributed by atoms with E-state index in [2.05, 4.69) is 0 Å². The normalized spacial score (nSPS) is 11.4. The summed E-state index contributed by atoms with van der Waals surface area (Å²) in [6.45, 7) is 0. The Morgan fingerprint density at radius 2 is 1.71 bits per heavy atom. The molecule has 2 nitrogen and oxygen atoms in total. The fraction of sp³-hybridized carbons (Fsp3) is 0.125. The minimum Gasteiger partial charge on any atom is -0.233 e. The van der Waals surface area contributed by atoms with E-state index < -0.39 is 10.1 Å². The second-order valence-corrected chi connectivity index (χ2v) is 6.38. The largest absolute Gasteiger partial charge is 0.415 e. The molecule has 0 atom stereocenters. The van der Waals surface area contributed by atoms with Crippen molar-refractivity contribution >= 4 is 70.2 Å². The zero-order valence-corrected chi connectivity index (χ0v) is 11.6. The lowest BCUT2D eigenvalue weighted by atomic mass is 10.3. The quantitative estimate of drug-likeness (QED) is 0.309. The van der Waals surface area contributed by atoms with Crippen LogP contribution in [0.4, 0.5) is 19.3 Å². The summed E-state index contributed by atoms with van der Waals surface area (Å²) in [6.07, 6.45) is -1.96. The minimum atomic E-state index is -2.86. The fourth-order valence-corrected chi connectivity index (χ4v) is 2.37. The lowest BCUT2D eigenvalue weighted by Gasteiger charge is -2.20. The molecular weight excluding hydrogens is 338 g/mol. The molecule has 0 unspecified atom stereocenters. The van der Waals surface area contributed by atoms with Gasteiger partial charge in [0.2, 0.25) is 0 Å². The highest BCUT2D eigenvalue weighted by Gasteiger charge is 2.32. The van der Waals surface area contributed by atoms with Crippen LogP contribution >= 0.6 is 58.4 Å². The molecule has 0 heterocycles. The number of halogens is 6. The summed E-state index contributed by atoms with van der Waals surface area (Å²) in [4.78, 5) is 10.7. The second kappa shape index (κ2) is 5.80. The van der Waals surface area contributed by atoms with Crippen LogP contribution < -0.4 is 4.31 Å². The molecule has 0 aromatic heterocycles. The van der Waals surface area contributed by atoms with Crippen LogP contribution in [-0.2, 0) is 0 Å². The van der Waals surface area contributed by atoms with Crippen molar-refractivity contribution in [2.75, 3.05) is 4.31 Å². The van der Waals surface area contributed by atoms with E-state index in [1.165, 1.54) is 18.2 Å². The summed E-state index contributed by atoms with van der Waals surface area (Å²) in [5.74, 6) is 0. The molecule has 17 heavy (non-hydrogen) atoms. The van der Waals surface area contributed by atoms with Gasteiger partial charge in [0, 0.05) is 22.0 Å². The lowest BCUT2D eigenvalue weighted by molar-refractivity contribution is 0.232. The van der Waals surface area contributed by atoms with Gasteiger partial charge in [-0.1, -0.05) is 46.4 Å². The average Bonchev–Trinajstić information content (AvgIpc) is 2.10. The van der Waals surface area contributed by atoms with E-state index in [0.717, 1.165) is 0 Å². The monoisotopic (exact) mass is 339 g/mol. The Morgan fingerprint density at radius 1 is 1.24 bits per heavy atom. The third-order valence-electron chi connectivity index (χ3n) is 1.44. The lowest BCUT2D eigenvalue weighted by Crippen LogP contribution is -2.22. The smallest absolute Gasteiger partial charge is 0.233 e. The predicted octanol–water partition coefficient (Wildman–Crippen LogP) is 5.60. The van der Waals surface area contributed by atoms with Crippen molar-refractivity contribution in [1.82, 2.24) is 0 Å². The molecule has 0 spiro atoms. The van der Waals surface area contributed by atoms with Crippen molar-refractivity contribution in [1.29, 1.82) is 0 Å². The van der Waals surface area contributed by atoms with Crippen molar-refractivity contribution in [3.8, 4) is 0 Å². The summed E-state index contributed by atoms with van der Waals surface area (Å²) < 4.78 is 23.1. The Labute approximate surface area is 120 Å². The molecule has 1 amide bonds. The Balaban J connectivity index is 3.10. The second-order valence-electron chi connectivity index (χ2n) is 2.71. The van der Waals surface area contributed by atoms with Crippen molar-refractivity contribution in [2.24, 2.45) is 0 Å². The van der Waals surface area contributed by atoms with Gasteiger partial charge in [-0.2, -0.15) is 4.39 Å². The van der Waals surface area contributed by atoms with Crippen LogP contribution in [0.2, 0.25) is 10.0 Å². The molecule has 0 N–H and O–H groups in total. The van der Waals surface area contributed by atoms with E-state index in [-0.39, 0.29) is 27.7 Å². The molecule has 9 heteroatoms. The molecule has 0 saturated heterocycles. The van der Waals surface area contributed by atoms with E-state index in [0.29, 0.717) is 4.31 Å². The molecule has 0 bridgehead atoms. The van der Waals surface area contributed by atoms with Gasteiger partial charge >= 0.3 is 10.1 Å². The van der Waals surface area contributed by atoms with Crippen LogP contribution in [0.15, 0.2) is 18.2 Å². The number of rotatable bonds is 3. The van der Waals surface area contributed by atoms with Crippen molar-refractivity contribution in [2.45, 2.75) is 3.92 Å².